The molecule has 1 unspecified atom stereocenters. The molecule has 0 saturated carbocycles. The number of nitro groups is 1. The molecule has 17 heavy (non-hydrogen) atoms. The van der Waals surface area contributed by atoms with Crippen molar-refractivity contribution in [3.05, 3.63) is 27.4 Å². The summed E-state index contributed by atoms with van der Waals surface area (Å²) in [6, 6.07) is 1.52. The number of hydrogen-bond acceptors (Lipinski definition) is 5. The first-order chi connectivity index (χ1) is 8.09. The average molecular weight is 257 g/mol. The van der Waals surface area contributed by atoms with Crippen LogP contribution < -0.4 is 10.2 Å². The van der Waals surface area contributed by atoms with E-state index >= 15 is 0 Å². The van der Waals surface area contributed by atoms with Gasteiger partial charge in [-0.3, -0.25) is 10.1 Å². The van der Waals surface area contributed by atoms with E-state index in [0.717, 1.165) is 13.1 Å². The van der Waals surface area contributed by atoms with E-state index < -0.39 is 4.92 Å². The van der Waals surface area contributed by atoms with Crippen LogP contribution in [0.4, 0.5) is 11.5 Å². The number of nitrogens with zero attached hydrogens (tertiary/aromatic N) is 3. The molecule has 0 bridgehead atoms. The summed E-state index contributed by atoms with van der Waals surface area (Å²) in [6.45, 7) is 4.30. The first kappa shape index (κ1) is 12.1. The van der Waals surface area contributed by atoms with Gasteiger partial charge in [0.1, 0.15) is 0 Å². The highest BCUT2D eigenvalue weighted by molar-refractivity contribution is 6.30. The highest BCUT2D eigenvalue weighted by Gasteiger charge is 2.26. The Labute approximate surface area is 104 Å². The van der Waals surface area contributed by atoms with E-state index in [-0.39, 0.29) is 16.8 Å². The molecule has 1 aliphatic heterocycles. The molecule has 0 aliphatic carbocycles. The lowest BCUT2D eigenvalue weighted by molar-refractivity contribution is -0.384. The van der Waals surface area contributed by atoms with E-state index in [2.05, 4.69) is 10.3 Å². The van der Waals surface area contributed by atoms with Gasteiger partial charge in [-0.25, -0.2) is 4.98 Å². The quantitative estimate of drug-likeness (QED) is 0.640. The average Bonchev–Trinajstić information content (AvgIpc) is 2.30. The summed E-state index contributed by atoms with van der Waals surface area (Å²) in [5.41, 5.74) is -0.0359. The van der Waals surface area contributed by atoms with Crippen LogP contribution in [0.1, 0.15) is 6.92 Å². The molecule has 1 atom stereocenters. The number of aromatic nitrogens is 1. The van der Waals surface area contributed by atoms with Gasteiger partial charge in [0.15, 0.2) is 0 Å². The molecule has 1 aromatic heterocycles. The lowest BCUT2D eigenvalue weighted by Crippen LogP contribution is -2.50. The third kappa shape index (κ3) is 2.48. The van der Waals surface area contributed by atoms with E-state index in [4.69, 9.17) is 11.6 Å². The molecular formula is C10H13ClN4O2. The fourth-order valence-electron chi connectivity index (χ4n) is 1.93. The minimum atomic E-state index is -0.442. The van der Waals surface area contributed by atoms with Crippen LogP contribution in [0.15, 0.2) is 12.3 Å². The number of piperazine rings is 1. The lowest BCUT2D eigenvalue weighted by atomic mass is 10.2. The Morgan fingerprint density at radius 3 is 3.12 bits per heavy atom. The predicted octanol–water partition coefficient (Wildman–Crippen LogP) is 1.44. The first-order valence-electron chi connectivity index (χ1n) is 5.37. The van der Waals surface area contributed by atoms with E-state index in [1.165, 1.54) is 12.3 Å². The van der Waals surface area contributed by atoms with Crippen LogP contribution in [-0.2, 0) is 0 Å². The Bertz CT molecular complexity index is 440. The second-order valence-electron chi connectivity index (χ2n) is 4.00. The number of halogens is 1. The van der Waals surface area contributed by atoms with E-state index in [1.54, 1.807) is 0 Å². The van der Waals surface area contributed by atoms with Crippen molar-refractivity contribution < 1.29 is 4.92 Å². The fourth-order valence-corrected chi connectivity index (χ4v) is 2.08. The van der Waals surface area contributed by atoms with Crippen LogP contribution in [0, 0.1) is 10.1 Å². The standard InChI is InChI=1S/C10H13ClN4O2/c1-7-5-12-2-3-14(7)10-9(15(16)17)4-8(11)6-13-10/h4,6-7,12H,2-3,5H2,1H3. The van der Waals surface area contributed by atoms with Crippen LogP contribution in [0.3, 0.4) is 0 Å². The van der Waals surface area contributed by atoms with Crippen LogP contribution >= 0.6 is 11.6 Å². The topological polar surface area (TPSA) is 71.3 Å². The summed E-state index contributed by atoms with van der Waals surface area (Å²) in [6.07, 6.45) is 1.44. The molecule has 1 aromatic rings. The number of pyridine rings is 1. The van der Waals surface area contributed by atoms with Crippen molar-refractivity contribution in [3.8, 4) is 0 Å². The van der Waals surface area contributed by atoms with Gasteiger partial charge < -0.3 is 10.2 Å². The molecular weight excluding hydrogens is 244 g/mol. The minimum Gasteiger partial charge on any atom is -0.346 e. The van der Waals surface area contributed by atoms with Gasteiger partial charge in [-0.1, -0.05) is 11.6 Å². The van der Waals surface area contributed by atoms with Gasteiger partial charge in [0, 0.05) is 37.9 Å². The number of hydrogen-bond donors (Lipinski definition) is 1. The Kier molecular flexibility index (Phi) is 3.44. The van der Waals surface area contributed by atoms with Gasteiger partial charge in [0.2, 0.25) is 5.82 Å². The zero-order valence-electron chi connectivity index (χ0n) is 9.39. The maximum atomic E-state index is 11.0. The molecule has 6 nitrogen and oxygen atoms in total. The largest absolute Gasteiger partial charge is 0.346 e. The zero-order valence-corrected chi connectivity index (χ0v) is 10.1. The molecule has 1 N–H and O–H groups in total. The fraction of sp³-hybridized carbons (Fsp3) is 0.500. The van der Waals surface area contributed by atoms with Crippen LogP contribution in [0.5, 0.6) is 0 Å². The smallest absolute Gasteiger partial charge is 0.313 e. The van der Waals surface area contributed by atoms with Crippen LogP contribution in [-0.4, -0.2) is 35.6 Å². The molecule has 1 fully saturated rings. The molecule has 0 aromatic carbocycles. The molecule has 0 radical (unpaired) electrons. The van der Waals surface area contributed by atoms with Crippen molar-refractivity contribution in [3.63, 3.8) is 0 Å². The predicted molar refractivity (Wildman–Crippen MR) is 65.6 cm³/mol. The monoisotopic (exact) mass is 256 g/mol. The SMILES string of the molecule is CC1CNCCN1c1ncc(Cl)cc1[N+](=O)[O-]. The van der Waals surface area contributed by atoms with Gasteiger partial charge in [-0.05, 0) is 6.92 Å². The molecule has 2 heterocycles. The summed E-state index contributed by atoms with van der Waals surface area (Å²) in [7, 11) is 0. The first-order valence-corrected chi connectivity index (χ1v) is 5.74. The summed E-state index contributed by atoms with van der Waals surface area (Å²) >= 11 is 5.74. The van der Waals surface area contributed by atoms with Crippen molar-refractivity contribution in [1.29, 1.82) is 0 Å². The lowest BCUT2D eigenvalue weighted by Gasteiger charge is -2.34. The van der Waals surface area contributed by atoms with Gasteiger partial charge in [-0.2, -0.15) is 0 Å². The summed E-state index contributed by atoms with van der Waals surface area (Å²) in [5.74, 6) is 0.397. The Hall–Kier alpha value is -1.40. The van der Waals surface area contributed by atoms with Crippen molar-refractivity contribution in [2.45, 2.75) is 13.0 Å². The van der Waals surface area contributed by atoms with Crippen molar-refractivity contribution in [2.24, 2.45) is 0 Å². The molecule has 1 saturated heterocycles. The molecule has 2 rings (SSSR count). The molecule has 92 valence electrons. The van der Waals surface area contributed by atoms with Crippen molar-refractivity contribution in [2.75, 3.05) is 24.5 Å². The minimum absolute atomic E-state index is 0.0359. The Morgan fingerprint density at radius 2 is 2.47 bits per heavy atom. The normalized spacial score (nSPS) is 20.4. The second-order valence-corrected chi connectivity index (χ2v) is 4.44. The molecule has 0 spiro atoms. The van der Waals surface area contributed by atoms with Crippen molar-refractivity contribution in [1.82, 2.24) is 10.3 Å². The van der Waals surface area contributed by atoms with E-state index in [9.17, 15) is 10.1 Å². The summed E-state index contributed by atoms with van der Waals surface area (Å²) in [5, 5.41) is 14.5. The highest BCUT2D eigenvalue weighted by atomic mass is 35.5. The second kappa shape index (κ2) is 4.85. The van der Waals surface area contributed by atoms with Gasteiger partial charge in [-0.15, -0.1) is 0 Å². The molecule has 1 aliphatic rings. The van der Waals surface area contributed by atoms with Gasteiger partial charge >= 0.3 is 5.69 Å². The summed E-state index contributed by atoms with van der Waals surface area (Å²) < 4.78 is 0. The zero-order chi connectivity index (χ0) is 12.4. The van der Waals surface area contributed by atoms with E-state index in [0.29, 0.717) is 12.4 Å². The molecule has 0 amide bonds. The number of rotatable bonds is 2. The van der Waals surface area contributed by atoms with Crippen molar-refractivity contribution >= 4 is 23.1 Å². The maximum absolute atomic E-state index is 11.0. The number of nitrogens with one attached hydrogen (secondary N) is 1. The Balaban J connectivity index is 2.39. The maximum Gasteiger partial charge on any atom is 0.313 e. The van der Waals surface area contributed by atoms with Gasteiger partial charge in [0.25, 0.3) is 0 Å². The third-order valence-electron chi connectivity index (χ3n) is 2.78. The number of anilines is 1. The van der Waals surface area contributed by atoms with E-state index in [1.807, 2.05) is 11.8 Å². The molecule has 7 heteroatoms. The Morgan fingerprint density at radius 1 is 1.71 bits per heavy atom. The van der Waals surface area contributed by atoms with Crippen LogP contribution in [0.2, 0.25) is 5.02 Å². The highest BCUT2D eigenvalue weighted by Crippen LogP contribution is 2.29. The van der Waals surface area contributed by atoms with Gasteiger partial charge in [0.05, 0.1) is 9.95 Å². The summed E-state index contributed by atoms with van der Waals surface area (Å²) in [4.78, 5) is 16.6. The van der Waals surface area contributed by atoms with Crippen LogP contribution in [0.25, 0.3) is 0 Å². The third-order valence-corrected chi connectivity index (χ3v) is 2.99.